The molecule has 0 atom stereocenters. The summed E-state index contributed by atoms with van der Waals surface area (Å²) in [5.74, 6) is 0. The number of hydrogen-bond acceptors (Lipinski definition) is 0. The Bertz CT molecular complexity index is 362. The Kier molecular flexibility index (Phi) is 8.55. The molecule has 0 spiro atoms. The van der Waals surface area contributed by atoms with Crippen molar-refractivity contribution in [2.45, 2.75) is 47.0 Å². The molecule has 1 rings (SSSR count). The summed E-state index contributed by atoms with van der Waals surface area (Å²) < 4.78 is 72.9. The van der Waals surface area contributed by atoms with Gasteiger partial charge in [-0.15, -0.1) is 0 Å². The smallest absolute Gasteiger partial charge is 0.166 e. The van der Waals surface area contributed by atoms with Crippen LogP contribution in [-0.4, -0.2) is 0 Å². The molecule has 0 bridgehead atoms. The lowest BCUT2D eigenvalue weighted by Crippen LogP contribution is -2.10. The van der Waals surface area contributed by atoms with Crippen LogP contribution in [0.15, 0.2) is 18.2 Å². The van der Waals surface area contributed by atoms with Crippen LogP contribution in [0.4, 0.5) is 26.3 Å². The summed E-state index contributed by atoms with van der Waals surface area (Å²) in [6, 6.07) is 1.36. The Morgan fingerprint density at radius 1 is 0.737 bits per heavy atom. The van der Waals surface area contributed by atoms with Crippen molar-refractivity contribution in [1.29, 1.82) is 0 Å². The van der Waals surface area contributed by atoms with Crippen molar-refractivity contribution in [3.8, 4) is 0 Å². The molecule has 0 radical (unpaired) electrons. The fourth-order valence-electron chi connectivity index (χ4n) is 1.16. The normalized spacial score (nSPS) is 10.9. The second-order valence-corrected chi connectivity index (χ2v) is 3.03. The number of hydrogen-bond donors (Lipinski definition) is 0. The third kappa shape index (κ3) is 6.50. The highest BCUT2D eigenvalue weighted by Gasteiger charge is 2.35. The summed E-state index contributed by atoms with van der Waals surface area (Å²) in [5.41, 5.74) is -2.55. The van der Waals surface area contributed by atoms with Crippen molar-refractivity contribution in [1.82, 2.24) is 0 Å². The van der Waals surface area contributed by atoms with Crippen molar-refractivity contribution in [2.75, 3.05) is 0 Å². The van der Waals surface area contributed by atoms with Crippen molar-refractivity contribution in [3.05, 3.63) is 34.9 Å². The summed E-state index contributed by atoms with van der Waals surface area (Å²) in [6.45, 7) is 9.00. The second kappa shape index (κ2) is 8.07. The molecule has 0 aliphatic rings. The molecule has 0 amide bonds. The topological polar surface area (TPSA) is 0 Å². The number of rotatable bonds is 0. The highest BCUT2D eigenvalue weighted by Crippen LogP contribution is 2.35. The van der Waals surface area contributed by atoms with Gasteiger partial charge in [0.15, 0.2) is 0 Å². The maximum Gasteiger partial charge on any atom is 0.416 e. The Morgan fingerprint density at radius 2 is 1.16 bits per heavy atom. The van der Waals surface area contributed by atoms with Crippen LogP contribution in [0, 0.1) is 6.92 Å². The fourth-order valence-corrected chi connectivity index (χ4v) is 1.16. The van der Waals surface area contributed by atoms with Gasteiger partial charge in [0.25, 0.3) is 0 Å². The zero-order chi connectivity index (χ0) is 15.9. The molecular weight excluding hydrogens is 270 g/mol. The molecule has 0 saturated carbocycles. The molecular formula is C13H18F6. The van der Waals surface area contributed by atoms with Crippen molar-refractivity contribution in [3.63, 3.8) is 0 Å². The van der Waals surface area contributed by atoms with Crippen LogP contribution >= 0.6 is 0 Å². The molecule has 0 aromatic heterocycles. The molecule has 0 unspecified atom stereocenters. The lowest BCUT2D eigenvalue weighted by Gasteiger charge is -2.12. The zero-order valence-corrected chi connectivity index (χ0v) is 11.5. The molecule has 0 aliphatic heterocycles. The van der Waals surface area contributed by atoms with Gasteiger partial charge in [-0.1, -0.05) is 27.7 Å². The lowest BCUT2D eigenvalue weighted by molar-refractivity contribution is -0.141. The van der Waals surface area contributed by atoms with Crippen LogP contribution in [0.3, 0.4) is 0 Å². The molecule has 19 heavy (non-hydrogen) atoms. The quantitative estimate of drug-likeness (QED) is 0.507. The van der Waals surface area contributed by atoms with E-state index < -0.39 is 29.0 Å². The minimum atomic E-state index is -4.62. The van der Waals surface area contributed by atoms with Gasteiger partial charge >= 0.3 is 12.4 Å². The van der Waals surface area contributed by atoms with Crippen LogP contribution in [0.1, 0.15) is 44.4 Å². The first-order valence-corrected chi connectivity index (χ1v) is 5.87. The molecule has 6 heteroatoms. The maximum atomic E-state index is 12.2. The first-order chi connectivity index (χ1) is 8.62. The molecule has 0 saturated heterocycles. The molecule has 0 heterocycles. The molecule has 0 nitrogen and oxygen atoms in total. The van der Waals surface area contributed by atoms with E-state index in [1.807, 2.05) is 27.7 Å². The summed E-state index contributed by atoms with van der Waals surface area (Å²) in [5, 5.41) is 0. The number of aryl methyl sites for hydroxylation is 1. The zero-order valence-electron chi connectivity index (χ0n) is 11.5. The van der Waals surface area contributed by atoms with Crippen molar-refractivity contribution < 1.29 is 26.3 Å². The van der Waals surface area contributed by atoms with Crippen molar-refractivity contribution in [2.24, 2.45) is 0 Å². The van der Waals surface area contributed by atoms with E-state index in [0.29, 0.717) is 18.2 Å². The van der Waals surface area contributed by atoms with Crippen LogP contribution in [0.5, 0.6) is 0 Å². The molecule has 1 aromatic carbocycles. The summed E-state index contributed by atoms with van der Waals surface area (Å²) in [7, 11) is 0. The van der Waals surface area contributed by atoms with E-state index >= 15 is 0 Å². The minimum absolute atomic E-state index is 0.426. The Balaban J connectivity index is 0. The van der Waals surface area contributed by atoms with Crippen molar-refractivity contribution >= 4 is 0 Å². The Hall–Kier alpha value is -1.20. The summed E-state index contributed by atoms with van der Waals surface area (Å²) >= 11 is 0. The molecule has 0 aliphatic carbocycles. The molecule has 0 N–H and O–H groups in total. The van der Waals surface area contributed by atoms with E-state index in [1.165, 1.54) is 0 Å². The highest BCUT2D eigenvalue weighted by molar-refractivity contribution is 5.34. The minimum Gasteiger partial charge on any atom is -0.166 e. The first-order valence-electron chi connectivity index (χ1n) is 5.87. The lowest BCUT2D eigenvalue weighted by atomic mass is 10.0. The van der Waals surface area contributed by atoms with Gasteiger partial charge in [0.1, 0.15) is 0 Å². The first kappa shape index (κ1) is 20.1. The fraction of sp³-hybridized carbons (Fsp3) is 0.538. The van der Waals surface area contributed by atoms with E-state index in [-0.39, 0.29) is 0 Å². The highest BCUT2D eigenvalue weighted by atomic mass is 19.4. The molecule has 112 valence electrons. The van der Waals surface area contributed by atoms with Crippen LogP contribution in [0.2, 0.25) is 0 Å². The molecule has 0 fully saturated rings. The third-order valence-corrected chi connectivity index (χ3v) is 1.86. The molecule has 1 aromatic rings. The van der Waals surface area contributed by atoms with Gasteiger partial charge in [-0.2, -0.15) is 26.3 Å². The van der Waals surface area contributed by atoms with Crippen LogP contribution in [0.25, 0.3) is 0 Å². The van der Waals surface area contributed by atoms with E-state index in [0.717, 1.165) is 6.92 Å². The maximum absolute atomic E-state index is 12.2. The van der Waals surface area contributed by atoms with E-state index in [9.17, 15) is 26.3 Å². The Morgan fingerprint density at radius 3 is 1.42 bits per heavy atom. The van der Waals surface area contributed by atoms with Gasteiger partial charge in [-0.25, -0.2) is 0 Å². The average Bonchev–Trinajstić information content (AvgIpc) is 2.31. The predicted octanol–water partition coefficient (Wildman–Crippen LogP) is 6.09. The predicted molar refractivity (Wildman–Crippen MR) is 63.9 cm³/mol. The van der Waals surface area contributed by atoms with Gasteiger partial charge in [0.05, 0.1) is 11.1 Å². The van der Waals surface area contributed by atoms with Gasteiger partial charge in [-0.3, -0.25) is 0 Å². The second-order valence-electron chi connectivity index (χ2n) is 3.03. The van der Waals surface area contributed by atoms with Gasteiger partial charge < -0.3 is 0 Å². The van der Waals surface area contributed by atoms with E-state index in [2.05, 4.69) is 0 Å². The van der Waals surface area contributed by atoms with Crippen LogP contribution < -0.4 is 0 Å². The van der Waals surface area contributed by atoms with Gasteiger partial charge in [0.2, 0.25) is 0 Å². The summed E-state index contributed by atoms with van der Waals surface area (Å²) in [4.78, 5) is 0. The standard InChI is InChI=1S/C9H6F6.2C2H6/c1-5-4-6(8(10,11)12)2-3-7(5)9(13,14)15;2*1-2/h2-4H,1H3;2*1-2H3. The SMILES string of the molecule is CC.CC.Cc1cc(C(F)(F)F)ccc1C(F)(F)F. The van der Waals surface area contributed by atoms with Crippen LogP contribution in [-0.2, 0) is 12.4 Å². The Labute approximate surface area is 109 Å². The largest absolute Gasteiger partial charge is 0.416 e. The van der Waals surface area contributed by atoms with Gasteiger partial charge in [0, 0.05) is 0 Å². The van der Waals surface area contributed by atoms with E-state index in [1.54, 1.807) is 0 Å². The average molecular weight is 288 g/mol. The number of halogens is 6. The number of benzene rings is 1. The number of alkyl halides is 6. The van der Waals surface area contributed by atoms with E-state index in [4.69, 9.17) is 0 Å². The monoisotopic (exact) mass is 288 g/mol. The summed E-state index contributed by atoms with van der Waals surface area (Å²) in [6.07, 6.45) is -9.23. The van der Waals surface area contributed by atoms with Gasteiger partial charge in [-0.05, 0) is 30.7 Å². The third-order valence-electron chi connectivity index (χ3n) is 1.86.